The lowest BCUT2D eigenvalue weighted by molar-refractivity contribution is 0.00523. The van der Waals surface area contributed by atoms with Gasteiger partial charge in [-0.15, -0.1) is 11.8 Å². The van der Waals surface area contributed by atoms with Crippen LogP contribution >= 0.6 is 11.8 Å². The van der Waals surface area contributed by atoms with E-state index in [1.807, 2.05) is 30.5 Å². The molecular weight excluding hydrogens is 258 g/mol. The first-order valence-electron chi connectivity index (χ1n) is 6.78. The highest BCUT2D eigenvalue weighted by Crippen LogP contribution is 2.27. The van der Waals surface area contributed by atoms with Gasteiger partial charge in [0, 0.05) is 11.4 Å². The van der Waals surface area contributed by atoms with Gasteiger partial charge in [-0.3, -0.25) is 4.79 Å². The minimum Gasteiger partial charge on any atom is -0.388 e. The lowest BCUT2D eigenvalue weighted by Crippen LogP contribution is -2.44. The van der Waals surface area contributed by atoms with E-state index in [9.17, 15) is 9.90 Å². The highest BCUT2D eigenvalue weighted by Gasteiger charge is 2.29. The Hall–Kier alpha value is -1.00. The molecule has 0 spiro atoms. The number of hydrogen-bond donors (Lipinski definition) is 2. The number of nitrogens with one attached hydrogen (secondary N) is 1. The summed E-state index contributed by atoms with van der Waals surface area (Å²) in [5.41, 5.74) is -0.0169. The molecule has 0 radical (unpaired) electrons. The van der Waals surface area contributed by atoms with Crippen molar-refractivity contribution in [3.63, 3.8) is 0 Å². The van der Waals surface area contributed by atoms with Gasteiger partial charge < -0.3 is 10.4 Å². The average molecular weight is 279 g/mol. The van der Waals surface area contributed by atoms with E-state index in [-0.39, 0.29) is 5.91 Å². The Labute approximate surface area is 118 Å². The molecule has 0 bridgehead atoms. The Morgan fingerprint density at radius 3 is 2.68 bits per heavy atom. The molecule has 1 fully saturated rings. The first kappa shape index (κ1) is 14.4. The molecule has 2 N–H and O–H groups in total. The second-order valence-corrected chi connectivity index (χ2v) is 6.02. The molecule has 0 saturated heterocycles. The molecule has 0 aliphatic heterocycles. The van der Waals surface area contributed by atoms with Gasteiger partial charge >= 0.3 is 0 Å². The number of amides is 1. The molecular formula is C15H21NO2S. The summed E-state index contributed by atoms with van der Waals surface area (Å²) in [4.78, 5) is 13.1. The minimum absolute atomic E-state index is 0.0936. The normalized spacial score (nSPS) is 18.0. The molecule has 0 aromatic heterocycles. The fraction of sp³-hybridized carbons (Fsp3) is 0.533. The van der Waals surface area contributed by atoms with Crippen molar-refractivity contribution >= 4 is 17.7 Å². The second kappa shape index (κ2) is 6.44. The molecule has 1 aliphatic rings. The Morgan fingerprint density at radius 1 is 1.32 bits per heavy atom. The van der Waals surface area contributed by atoms with Crippen molar-refractivity contribution in [2.75, 3.05) is 12.8 Å². The van der Waals surface area contributed by atoms with E-state index >= 15 is 0 Å². The van der Waals surface area contributed by atoms with Crippen LogP contribution in [0, 0.1) is 0 Å². The van der Waals surface area contributed by atoms with E-state index in [1.165, 1.54) is 6.42 Å². The summed E-state index contributed by atoms with van der Waals surface area (Å²) in [6, 6.07) is 7.56. The van der Waals surface area contributed by atoms with Crippen molar-refractivity contribution in [3.05, 3.63) is 29.8 Å². The van der Waals surface area contributed by atoms with Gasteiger partial charge in [-0.2, -0.15) is 0 Å². The minimum atomic E-state index is -0.706. The summed E-state index contributed by atoms with van der Waals surface area (Å²) < 4.78 is 0. The summed E-state index contributed by atoms with van der Waals surface area (Å²) in [5.74, 6) is -0.0936. The molecule has 1 amide bonds. The SMILES string of the molecule is CSc1ccccc1C(=O)NCC1(O)CCCCC1. The molecule has 2 rings (SSSR count). The summed E-state index contributed by atoms with van der Waals surface area (Å²) in [6.07, 6.45) is 6.82. The molecule has 0 heterocycles. The average Bonchev–Trinajstić information content (AvgIpc) is 2.45. The van der Waals surface area contributed by atoms with E-state index in [0.29, 0.717) is 12.1 Å². The van der Waals surface area contributed by atoms with Crippen molar-refractivity contribution in [1.29, 1.82) is 0 Å². The zero-order valence-corrected chi connectivity index (χ0v) is 12.1. The zero-order chi connectivity index (χ0) is 13.7. The highest BCUT2D eigenvalue weighted by atomic mass is 32.2. The highest BCUT2D eigenvalue weighted by molar-refractivity contribution is 7.98. The summed E-state index contributed by atoms with van der Waals surface area (Å²) >= 11 is 1.56. The van der Waals surface area contributed by atoms with Crippen molar-refractivity contribution in [2.45, 2.75) is 42.6 Å². The number of carbonyl (C=O) groups is 1. The number of thioether (sulfide) groups is 1. The third-order valence-corrected chi connectivity index (χ3v) is 4.51. The van der Waals surface area contributed by atoms with Crippen molar-refractivity contribution in [2.24, 2.45) is 0 Å². The molecule has 0 atom stereocenters. The summed E-state index contributed by atoms with van der Waals surface area (Å²) in [5, 5.41) is 13.3. The zero-order valence-electron chi connectivity index (χ0n) is 11.3. The quantitative estimate of drug-likeness (QED) is 0.833. The van der Waals surface area contributed by atoms with Gasteiger partial charge in [0.05, 0.1) is 11.2 Å². The van der Waals surface area contributed by atoms with Gasteiger partial charge in [-0.25, -0.2) is 0 Å². The Bertz CT molecular complexity index is 442. The fourth-order valence-electron chi connectivity index (χ4n) is 2.56. The molecule has 104 valence electrons. The van der Waals surface area contributed by atoms with Gasteiger partial charge in [0.15, 0.2) is 0 Å². The number of benzene rings is 1. The van der Waals surface area contributed by atoms with Crippen LogP contribution in [0.3, 0.4) is 0 Å². The number of hydrogen-bond acceptors (Lipinski definition) is 3. The summed E-state index contributed by atoms with van der Waals surface area (Å²) in [7, 11) is 0. The van der Waals surface area contributed by atoms with E-state index < -0.39 is 5.60 Å². The maximum absolute atomic E-state index is 12.2. The lowest BCUT2D eigenvalue weighted by atomic mass is 9.85. The maximum atomic E-state index is 12.2. The first-order chi connectivity index (χ1) is 9.14. The first-order valence-corrected chi connectivity index (χ1v) is 8.01. The lowest BCUT2D eigenvalue weighted by Gasteiger charge is -2.32. The predicted octanol–water partition coefficient (Wildman–Crippen LogP) is 2.83. The van der Waals surface area contributed by atoms with Gasteiger partial charge in [0.25, 0.3) is 5.91 Å². The number of rotatable bonds is 4. The van der Waals surface area contributed by atoms with Crippen molar-refractivity contribution < 1.29 is 9.90 Å². The van der Waals surface area contributed by atoms with Gasteiger partial charge in [-0.1, -0.05) is 31.4 Å². The standard InChI is InChI=1S/C15H21NO2S/c1-19-13-8-4-3-7-12(13)14(17)16-11-15(18)9-5-2-6-10-15/h3-4,7-8,18H,2,5-6,9-11H2,1H3,(H,16,17). The van der Waals surface area contributed by atoms with Crippen molar-refractivity contribution in [3.8, 4) is 0 Å². The Balaban J connectivity index is 1.97. The molecule has 1 aromatic rings. The molecule has 19 heavy (non-hydrogen) atoms. The van der Waals surface area contributed by atoms with Crippen LogP contribution in [0.4, 0.5) is 0 Å². The second-order valence-electron chi connectivity index (χ2n) is 5.17. The molecule has 1 aliphatic carbocycles. The van der Waals surface area contributed by atoms with Crippen molar-refractivity contribution in [1.82, 2.24) is 5.32 Å². The monoisotopic (exact) mass is 279 g/mol. The van der Waals surface area contributed by atoms with E-state index in [0.717, 1.165) is 30.6 Å². The van der Waals surface area contributed by atoms with Crippen LogP contribution in [0.25, 0.3) is 0 Å². The van der Waals surface area contributed by atoms with Crippen LogP contribution in [0.2, 0.25) is 0 Å². The maximum Gasteiger partial charge on any atom is 0.252 e. The third-order valence-electron chi connectivity index (χ3n) is 3.71. The molecule has 1 aromatic carbocycles. The topological polar surface area (TPSA) is 49.3 Å². The van der Waals surface area contributed by atoms with Gasteiger partial charge in [-0.05, 0) is 31.2 Å². The summed E-state index contributed by atoms with van der Waals surface area (Å²) in [6.45, 7) is 0.356. The Morgan fingerprint density at radius 2 is 2.00 bits per heavy atom. The molecule has 4 heteroatoms. The van der Waals surface area contributed by atoms with Gasteiger partial charge in [0.1, 0.15) is 0 Å². The smallest absolute Gasteiger partial charge is 0.252 e. The Kier molecular flexibility index (Phi) is 4.88. The fourth-order valence-corrected chi connectivity index (χ4v) is 3.15. The third kappa shape index (κ3) is 3.74. The number of carbonyl (C=O) groups excluding carboxylic acids is 1. The number of aliphatic hydroxyl groups is 1. The van der Waals surface area contributed by atoms with Crippen LogP contribution in [0.15, 0.2) is 29.2 Å². The van der Waals surface area contributed by atoms with Gasteiger partial charge in [0.2, 0.25) is 0 Å². The molecule has 0 unspecified atom stereocenters. The van der Waals surface area contributed by atoms with Crippen LogP contribution in [-0.2, 0) is 0 Å². The molecule has 3 nitrogen and oxygen atoms in total. The van der Waals surface area contributed by atoms with Crippen LogP contribution < -0.4 is 5.32 Å². The van der Waals surface area contributed by atoms with Crippen LogP contribution in [0.1, 0.15) is 42.5 Å². The predicted molar refractivity (Wildman–Crippen MR) is 78.6 cm³/mol. The largest absolute Gasteiger partial charge is 0.388 e. The van der Waals surface area contributed by atoms with Crippen LogP contribution in [-0.4, -0.2) is 29.4 Å². The molecule has 1 saturated carbocycles. The van der Waals surface area contributed by atoms with E-state index in [4.69, 9.17) is 0 Å². The van der Waals surface area contributed by atoms with Crippen LogP contribution in [0.5, 0.6) is 0 Å². The van der Waals surface area contributed by atoms with E-state index in [2.05, 4.69) is 5.32 Å². The van der Waals surface area contributed by atoms with E-state index in [1.54, 1.807) is 11.8 Å².